The number of esters is 1. The summed E-state index contributed by atoms with van der Waals surface area (Å²) in [7, 11) is 0. The summed E-state index contributed by atoms with van der Waals surface area (Å²) in [6.45, 7) is 4.00. The van der Waals surface area contributed by atoms with Crippen LogP contribution in [0.3, 0.4) is 0 Å². The molecule has 1 aromatic heterocycles. The summed E-state index contributed by atoms with van der Waals surface area (Å²) in [5, 5.41) is 8.03. The highest BCUT2D eigenvalue weighted by atomic mass is 32.1. The number of carbonyl (C=O) groups is 2. The van der Waals surface area contributed by atoms with E-state index in [2.05, 4.69) is 15.6 Å². The van der Waals surface area contributed by atoms with Crippen molar-refractivity contribution < 1.29 is 14.3 Å². The second-order valence-corrected chi connectivity index (χ2v) is 6.03. The van der Waals surface area contributed by atoms with Gasteiger partial charge < -0.3 is 15.4 Å². The summed E-state index contributed by atoms with van der Waals surface area (Å²) in [4.78, 5) is 27.4. The largest absolute Gasteiger partial charge is 0.451 e. The van der Waals surface area contributed by atoms with Gasteiger partial charge in [-0.1, -0.05) is 30.3 Å². The van der Waals surface area contributed by atoms with Gasteiger partial charge in [0.05, 0.1) is 0 Å². The average molecular weight is 333 g/mol. The number of benzene rings is 1. The molecule has 0 atom stereocenters. The van der Waals surface area contributed by atoms with Crippen molar-refractivity contribution in [2.75, 3.05) is 11.9 Å². The molecule has 1 heterocycles. The third kappa shape index (κ3) is 5.71. The topological polar surface area (TPSA) is 80.3 Å². The van der Waals surface area contributed by atoms with Crippen molar-refractivity contribution >= 4 is 28.3 Å². The summed E-state index contributed by atoms with van der Waals surface area (Å²) in [5.41, 5.74) is 1.32. The molecule has 2 aromatic rings. The van der Waals surface area contributed by atoms with E-state index in [1.54, 1.807) is 5.38 Å². The van der Waals surface area contributed by atoms with E-state index in [9.17, 15) is 9.59 Å². The fourth-order valence-electron chi connectivity index (χ4n) is 1.79. The lowest BCUT2D eigenvalue weighted by molar-refractivity contribution is -0.124. The van der Waals surface area contributed by atoms with Crippen LogP contribution in [0, 0.1) is 0 Å². The molecule has 2 N–H and O–H groups in total. The third-order valence-electron chi connectivity index (χ3n) is 2.78. The molecular weight excluding hydrogens is 314 g/mol. The Bertz CT molecular complexity index is 656. The molecule has 0 radical (unpaired) electrons. The molecule has 0 unspecified atom stereocenters. The first-order valence-electron chi connectivity index (χ1n) is 7.24. The summed E-state index contributed by atoms with van der Waals surface area (Å²) >= 11 is 1.32. The monoisotopic (exact) mass is 333 g/mol. The van der Waals surface area contributed by atoms with Gasteiger partial charge in [-0.2, -0.15) is 0 Å². The lowest BCUT2D eigenvalue weighted by atomic mass is 10.2. The number of hydrogen-bond donors (Lipinski definition) is 2. The van der Waals surface area contributed by atoms with Gasteiger partial charge in [0, 0.05) is 18.0 Å². The van der Waals surface area contributed by atoms with Crippen LogP contribution in [0.2, 0.25) is 0 Å². The molecule has 0 bridgehead atoms. The molecular formula is C16H19N3O3S. The Hall–Kier alpha value is -2.41. The van der Waals surface area contributed by atoms with Gasteiger partial charge in [-0.15, -0.1) is 11.3 Å². The highest BCUT2D eigenvalue weighted by Gasteiger charge is 2.14. The first-order valence-corrected chi connectivity index (χ1v) is 8.12. The zero-order valence-electron chi connectivity index (χ0n) is 13.0. The number of nitrogens with zero attached hydrogens (tertiary/aromatic N) is 1. The maximum atomic E-state index is 11.8. The summed E-state index contributed by atoms with van der Waals surface area (Å²) in [5.74, 6) is -0.932. The van der Waals surface area contributed by atoms with Crippen LogP contribution in [-0.2, 0) is 16.1 Å². The number of thiazole rings is 1. The van der Waals surface area contributed by atoms with Crippen LogP contribution in [-0.4, -0.2) is 29.5 Å². The van der Waals surface area contributed by atoms with Crippen LogP contribution in [0.1, 0.15) is 29.9 Å². The Balaban J connectivity index is 1.81. The first-order chi connectivity index (χ1) is 11.0. The minimum absolute atomic E-state index is 0.00858. The number of nitrogens with one attached hydrogen (secondary N) is 2. The lowest BCUT2D eigenvalue weighted by Crippen LogP contribution is -2.34. The Labute approximate surface area is 138 Å². The van der Waals surface area contributed by atoms with Gasteiger partial charge in [0.15, 0.2) is 17.4 Å². The molecule has 0 spiro atoms. The molecule has 1 aromatic carbocycles. The molecule has 2 rings (SSSR count). The SMILES string of the molecule is CC(C)NC(=O)COC(=O)c1csc(NCc2ccccc2)n1. The van der Waals surface area contributed by atoms with Gasteiger partial charge in [0.1, 0.15) is 0 Å². The third-order valence-corrected chi connectivity index (χ3v) is 3.58. The Morgan fingerprint density at radius 1 is 1.26 bits per heavy atom. The van der Waals surface area contributed by atoms with E-state index in [1.807, 2.05) is 44.2 Å². The predicted octanol–water partition coefficient (Wildman–Crippen LogP) is 2.44. The molecule has 0 saturated heterocycles. The minimum Gasteiger partial charge on any atom is -0.451 e. The van der Waals surface area contributed by atoms with E-state index < -0.39 is 5.97 Å². The van der Waals surface area contributed by atoms with E-state index in [1.165, 1.54) is 11.3 Å². The summed E-state index contributed by atoms with van der Waals surface area (Å²) < 4.78 is 4.93. The molecule has 1 amide bonds. The number of carbonyl (C=O) groups excluding carboxylic acids is 2. The molecule has 0 saturated carbocycles. The molecule has 0 fully saturated rings. The number of aromatic nitrogens is 1. The first kappa shape index (κ1) is 17.0. The highest BCUT2D eigenvalue weighted by Crippen LogP contribution is 2.17. The highest BCUT2D eigenvalue weighted by molar-refractivity contribution is 7.13. The van der Waals surface area contributed by atoms with Crippen molar-refractivity contribution in [3.05, 3.63) is 47.0 Å². The molecule has 0 aliphatic carbocycles. The van der Waals surface area contributed by atoms with Gasteiger partial charge >= 0.3 is 5.97 Å². The van der Waals surface area contributed by atoms with E-state index >= 15 is 0 Å². The van der Waals surface area contributed by atoms with Gasteiger partial charge in [0.2, 0.25) is 0 Å². The van der Waals surface area contributed by atoms with Crippen LogP contribution >= 0.6 is 11.3 Å². The van der Waals surface area contributed by atoms with Gasteiger partial charge in [-0.25, -0.2) is 9.78 Å². The molecule has 0 aliphatic rings. The quantitative estimate of drug-likeness (QED) is 0.761. The van der Waals surface area contributed by atoms with Crippen molar-refractivity contribution in [1.29, 1.82) is 0 Å². The fourth-order valence-corrected chi connectivity index (χ4v) is 2.47. The number of hydrogen-bond acceptors (Lipinski definition) is 6. The normalized spacial score (nSPS) is 10.4. The van der Waals surface area contributed by atoms with E-state index in [-0.39, 0.29) is 24.2 Å². The zero-order chi connectivity index (χ0) is 16.7. The maximum Gasteiger partial charge on any atom is 0.358 e. The Morgan fingerprint density at radius 3 is 2.70 bits per heavy atom. The number of ether oxygens (including phenoxy) is 1. The smallest absolute Gasteiger partial charge is 0.358 e. The minimum atomic E-state index is -0.604. The Kier molecular flexibility index (Phi) is 6.10. The second kappa shape index (κ2) is 8.28. The van der Waals surface area contributed by atoms with Crippen LogP contribution in [0.4, 0.5) is 5.13 Å². The molecule has 122 valence electrons. The standard InChI is InChI=1S/C16H19N3O3S/c1-11(2)18-14(20)9-22-15(21)13-10-23-16(19-13)17-8-12-6-4-3-5-7-12/h3-7,10-11H,8-9H2,1-2H3,(H,17,19)(H,18,20). The number of anilines is 1. The molecule has 23 heavy (non-hydrogen) atoms. The predicted molar refractivity (Wildman–Crippen MR) is 89.4 cm³/mol. The fraction of sp³-hybridized carbons (Fsp3) is 0.312. The van der Waals surface area contributed by atoms with Crippen LogP contribution < -0.4 is 10.6 Å². The number of amides is 1. The zero-order valence-corrected chi connectivity index (χ0v) is 13.9. The van der Waals surface area contributed by atoms with Crippen molar-refractivity contribution in [2.24, 2.45) is 0 Å². The second-order valence-electron chi connectivity index (χ2n) is 5.18. The Morgan fingerprint density at radius 2 is 2.00 bits per heavy atom. The van der Waals surface area contributed by atoms with Gasteiger partial charge in [-0.3, -0.25) is 4.79 Å². The molecule has 7 heteroatoms. The van der Waals surface area contributed by atoms with E-state index in [4.69, 9.17) is 4.74 Å². The van der Waals surface area contributed by atoms with E-state index in [0.29, 0.717) is 11.7 Å². The summed E-state index contributed by atoms with van der Waals surface area (Å²) in [6, 6.07) is 9.89. The van der Waals surface area contributed by atoms with Crippen molar-refractivity contribution in [1.82, 2.24) is 10.3 Å². The lowest BCUT2D eigenvalue weighted by Gasteiger charge is -2.07. The van der Waals surface area contributed by atoms with Gasteiger partial charge in [-0.05, 0) is 19.4 Å². The van der Waals surface area contributed by atoms with Gasteiger partial charge in [0.25, 0.3) is 5.91 Å². The van der Waals surface area contributed by atoms with Crippen LogP contribution in [0.25, 0.3) is 0 Å². The average Bonchev–Trinajstić information content (AvgIpc) is 3.00. The molecule has 6 nitrogen and oxygen atoms in total. The van der Waals surface area contributed by atoms with Crippen LogP contribution in [0.5, 0.6) is 0 Å². The maximum absolute atomic E-state index is 11.8. The van der Waals surface area contributed by atoms with Crippen molar-refractivity contribution in [2.45, 2.75) is 26.4 Å². The van der Waals surface area contributed by atoms with Crippen molar-refractivity contribution in [3.8, 4) is 0 Å². The molecule has 0 aliphatic heterocycles. The summed E-state index contributed by atoms with van der Waals surface area (Å²) in [6.07, 6.45) is 0. The van der Waals surface area contributed by atoms with Crippen LogP contribution in [0.15, 0.2) is 35.7 Å². The van der Waals surface area contributed by atoms with Crippen molar-refractivity contribution in [3.63, 3.8) is 0 Å². The van der Waals surface area contributed by atoms with E-state index in [0.717, 1.165) is 5.56 Å². The number of rotatable bonds is 7.